The number of aromatic nitrogens is 1. The van der Waals surface area contributed by atoms with Crippen molar-refractivity contribution in [3.8, 4) is 0 Å². The van der Waals surface area contributed by atoms with Gasteiger partial charge in [0, 0.05) is 18.0 Å². The summed E-state index contributed by atoms with van der Waals surface area (Å²) in [6.45, 7) is 4.88. The maximum absolute atomic E-state index is 13.4. The smallest absolute Gasteiger partial charge is 0.251 e. The lowest BCUT2D eigenvalue weighted by molar-refractivity contribution is 0.1000. The van der Waals surface area contributed by atoms with Crippen LogP contribution in [0.3, 0.4) is 0 Å². The Balaban J connectivity index is 1.71. The van der Waals surface area contributed by atoms with Gasteiger partial charge in [0.2, 0.25) is 0 Å². The summed E-state index contributed by atoms with van der Waals surface area (Å²) >= 11 is 2.92. The predicted octanol–water partition coefficient (Wildman–Crippen LogP) is 3.72. The zero-order valence-corrected chi connectivity index (χ0v) is 15.3. The van der Waals surface area contributed by atoms with E-state index in [1.807, 2.05) is 0 Å². The Labute approximate surface area is 152 Å². The summed E-state index contributed by atoms with van der Waals surface area (Å²) in [6.07, 6.45) is 0.824. The van der Waals surface area contributed by atoms with Crippen LogP contribution >= 0.6 is 22.7 Å². The van der Waals surface area contributed by atoms with Crippen LogP contribution in [-0.2, 0) is 13.0 Å². The number of anilines is 2. The first kappa shape index (κ1) is 16.4. The third kappa shape index (κ3) is 3.01. The van der Waals surface area contributed by atoms with Crippen molar-refractivity contribution in [1.29, 1.82) is 0 Å². The molecule has 1 aliphatic rings. The molecule has 0 radical (unpaired) electrons. The van der Waals surface area contributed by atoms with Crippen molar-refractivity contribution in [3.05, 3.63) is 40.0 Å². The van der Waals surface area contributed by atoms with E-state index in [1.165, 1.54) is 28.3 Å². The van der Waals surface area contributed by atoms with Gasteiger partial charge in [-0.3, -0.25) is 9.69 Å². The van der Waals surface area contributed by atoms with Crippen molar-refractivity contribution in [2.24, 2.45) is 5.73 Å². The van der Waals surface area contributed by atoms with E-state index in [1.54, 1.807) is 17.4 Å². The molecule has 0 unspecified atom stereocenters. The second-order valence-corrected chi connectivity index (χ2v) is 8.08. The number of nitrogens with zero attached hydrogens (tertiary/aromatic N) is 2. The summed E-state index contributed by atoms with van der Waals surface area (Å²) in [5.74, 6) is -0.705. The molecule has 0 bridgehead atoms. The number of thiophene rings is 1. The number of hydrogen-bond donors (Lipinski definition) is 2. The molecule has 0 saturated heterocycles. The molecule has 1 amide bonds. The summed E-state index contributed by atoms with van der Waals surface area (Å²) in [5.41, 5.74) is 8.00. The van der Waals surface area contributed by atoms with Crippen LogP contribution in [0.25, 0.3) is 10.2 Å². The molecule has 3 aromatic rings. The van der Waals surface area contributed by atoms with Crippen LogP contribution in [-0.4, -0.2) is 28.9 Å². The number of nitrogens with two attached hydrogens (primary N) is 1. The molecule has 8 heteroatoms. The molecule has 3 heterocycles. The molecule has 2 aromatic heterocycles. The minimum Gasteiger partial charge on any atom is -0.365 e. The van der Waals surface area contributed by atoms with Gasteiger partial charge in [-0.25, -0.2) is 9.37 Å². The van der Waals surface area contributed by atoms with E-state index in [4.69, 9.17) is 5.73 Å². The van der Waals surface area contributed by atoms with Crippen LogP contribution in [0.15, 0.2) is 18.2 Å². The van der Waals surface area contributed by atoms with E-state index < -0.39 is 5.91 Å². The largest absolute Gasteiger partial charge is 0.365 e. The van der Waals surface area contributed by atoms with Crippen molar-refractivity contribution >= 4 is 48.9 Å². The fraction of sp³-hybridized carbons (Fsp3) is 0.294. The normalized spacial score (nSPS) is 14.6. The minimum atomic E-state index is -0.419. The van der Waals surface area contributed by atoms with Gasteiger partial charge in [0.05, 0.1) is 15.8 Å². The summed E-state index contributed by atoms with van der Waals surface area (Å²) < 4.78 is 14.1. The molecule has 5 nitrogen and oxygen atoms in total. The Morgan fingerprint density at radius 2 is 2.28 bits per heavy atom. The van der Waals surface area contributed by atoms with Crippen LogP contribution in [0.2, 0.25) is 0 Å². The first-order valence-corrected chi connectivity index (χ1v) is 9.68. The molecule has 25 heavy (non-hydrogen) atoms. The van der Waals surface area contributed by atoms with Gasteiger partial charge in [-0.05, 0) is 36.7 Å². The van der Waals surface area contributed by atoms with Gasteiger partial charge in [0.25, 0.3) is 5.91 Å². The fourth-order valence-corrected chi connectivity index (χ4v) is 5.38. The van der Waals surface area contributed by atoms with Gasteiger partial charge < -0.3 is 11.1 Å². The van der Waals surface area contributed by atoms with E-state index in [-0.39, 0.29) is 5.82 Å². The van der Waals surface area contributed by atoms with Crippen LogP contribution in [0, 0.1) is 5.82 Å². The molecule has 3 N–H and O–H groups in total. The molecule has 0 saturated carbocycles. The SMILES string of the molecule is CCN1CCc2c(sc(Nc3nc4ccc(F)cc4s3)c2C(N)=O)C1. The van der Waals surface area contributed by atoms with Crippen LogP contribution in [0.1, 0.15) is 27.7 Å². The number of carbonyl (C=O) groups excluding carboxylic acids is 1. The number of carbonyl (C=O) groups is 1. The molecule has 0 spiro atoms. The van der Waals surface area contributed by atoms with Gasteiger partial charge in [0.15, 0.2) is 5.13 Å². The first-order chi connectivity index (χ1) is 12.0. The Hall–Kier alpha value is -2.03. The quantitative estimate of drug-likeness (QED) is 0.728. The van der Waals surface area contributed by atoms with Gasteiger partial charge in [0.1, 0.15) is 10.8 Å². The second-order valence-electron chi connectivity index (χ2n) is 5.95. The summed E-state index contributed by atoms with van der Waals surface area (Å²) in [4.78, 5) is 20.0. The number of halogens is 1. The molecular weight excluding hydrogens is 359 g/mol. The van der Waals surface area contributed by atoms with E-state index >= 15 is 0 Å². The highest BCUT2D eigenvalue weighted by atomic mass is 32.1. The van der Waals surface area contributed by atoms with E-state index in [2.05, 4.69) is 22.1 Å². The van der Waals surface area contributed by atoms with Gasteiger partial charge in [-0.1, -0.05) is 18.3 Å². The molecule has 0 fully saturated rings. The highest BCUT2D eigenvalue weighted by Gasteiger charge is 2.26. The standard InChI is InChI=1S/C17H17FN4OS2/c1-2-22-6-5-10-13(8-22)24-16(14(10)15(19)23)21-17-20-11-4-3-9(18)7-12(11)25-17/h3-4,7H,2,5-6,8H2,1H3,(H2,19,23)(H,20,21). The van der Waals surface area contributed by atoms with Crippen LogP contribution in [0.4, 0.5) is 14.5 Å². The fourth-order valence-electron chi connectivity index (χ4n) is 3.12. The number of rotatable bonds is 4. The Bertz CT molecular complexity index is 965. The summed E-state index contributed by atoms with van der Waals surface area (Å²) in [5, 5.41) is 4.60. The van der Waals surface area contributed by atoms with Crippen molar-refractivity contribution in [2.75, 3.05) is 18.4 Å². The first-order valence-electron chi connectivity index (χ1n) is 8.05. The topological polar surface area (TPSA) is 71.2 Å². The van der Waals surface area contributed by atoms with Crippen LogP contribution in [0.5, 0.6) is 0 Å². The third-order valence-electron chi connectivity index (χ3n) is 4.40. The van der Waals surface area contributed by atoms with Crippen molar-refractivity contribution < 1.29 is 9.18 Å². The highest BCUT2D eigenvalue weighted by Crippen LogP contribution is 2.39. The van der Waals surface area contributed by atoms with Crippen molar-refractivity contribution in [3.63, 3.8) is 0 Å². The number of fused-ring (bicyclic) bond motifs is 2. The zero-order chi connectivity index (χ0) is 17.6. The Morgan fingerprint density at radius 3 is 3.04 bits per heavy atom. The monoisotopic (exact) mass is 376 g/mol. The van der Waals surface area contributed by atoms with Gasteiger partial charge in [-0.2, -0.15) is 0 Å². The molecular formula is C17H17FN4OS2. The molecule has 0 atom stereocenters. The second kappa shape index (κ2) is 6.36. The zero-order valence-electron chi connectivity index (χ0n) is 13.6. The Kier molecular flexibility index (Phi) is 4.18. The molecule has 4 rings (SSSR count). The maximum Gasteiger partial charge on any atom is 0.251 e. The number of benzene rings is 1. The molecule has 1 aliphatic heterocycles. The van der Waals surface area contributed by atoms with Gasteiger partial charge in [-0.15, -0.1) is 11.3 Å². The van der Waals surface area contributed by atoms with Crippen molar-refractivity contribution in [2.45, 2.75) is 19.9 Å². The molecule has 130 valence electrons. The molecule has 1 aromatic carbocycles. The number of likely N-dealkylation sites (N-methyl/N-ethyl adjacent to an activating group) is 1. The summed E-state index contributed by atoms with van der Waals surface area (Å²) in [7, 11) is 0. The lowest BCUT2D eigenvalue weighted by Crippen LogP contribution is -2.30. The van der Waals surface area contributed by atoms with Crippen LogP contribution < -0.4 is 11.1 Å². The number of nitrogens with one attached hydrogen (secondary N) is 1. The number of thiazole rings is 1. The average molecular weight is 376 g/mol. The van der Waals surface area contributed by atoms with E-state index in [0.717, 1.165) is 46.8 Å². The lowest BCUT2D eigenvalue weighted by Gasteiger charge is -2.25. The highest BCUT2D eigenvalue weighted by molar-refractivity contribution is 7.23. The third-order valence-corrected chi connectivity index (χ3v) is 6.47. The van der Waals surface area contributed by atoms with Gasteiger partial charge >= 0.3 is 0 Å². The number of primary amides is 1. The van der Waals surface area contributed by atoms with E-state index in [0.29, 0.717) is 10.7 Å². The molecule has 0 aliphatic carbocycles. The predicted molar refractivity (Wildman–Crippen MR) is 100 cm³/mol. The lowest BCUT2D eigenvalue weighted by atomic mass is 10.0. The van der Waals surface area contributed by atoms with E-state index in [9.17, 15) is 9.18 Å². The minimum absolute atomic E-state index is 0.285. The van der Waals surface area contributed by atoms with Crippen molar-refractivity contribution in [1.82, 2.24) is 9.88 Å². The average Bonchev–Trinajstić information content (AvgIpc) is 3.13. The number of amides is 1. The maximum atomic E-state index is 13.4. The number of hydrogen-bond acceptors (Lipinski definition) is 6. The Morgan fingerprint density at radius 1 is 1.44 bits per heavy atom. The summed E-state index contributed by atoms with van der Waals surface area (Å²) in [6, 6.07) is 4.51.